The van der Waals surface area contributed by atoms with Crippen LogP contribution in [0.3, 0.4) is 0 Å². The first-order valence-corrected chi connectivity index (χ1v) is 17.2. The Morgan fingerprint density at radius 2 is 1.84 bits per heavy atom. The van der Waals surface area contributed by atoms with E-state index in [-0.39, 0.29) is 17.6 Å². The van der Waals surface area contributed by atoms with Crippen LogP contribution in [0.5, 0.6) is 0 Å². The lowest BCUT2D eigenvalue weighted by Gasteiger charge is -2.47. The normalized spacial score (nSPS) is 22.5. The molecule has 2 fully saturated rings. The number of aromatic nitrogens is 3. The number of pyridine rings is 1. The second-order valence-electron chi connectivity index (χ2n) is 12.2. The second-order valence-corrected chi connectivity index (χ2v) is 14.8. The number of carbonyl (C=O) groups excluding carboxylic acids is 1. The molecule has 2 aromatic carbocycles. The van der Waals surface area contributed by atoms with Crippen LogP contribution in [-0.4, -0.2) is 47.5 Å². The molecule has 2 heterocycles. The average molecular weight is 629 g/mol. The van der Waals surface area contributed by atoms with Crippen LogP contribution in [-0.2, 0) is 16.1 Å². The van der Waals surface area contributed by atoms with Gasteiger partial charge in [-0.15, -0.1) is 0 Å². The van der Waals surface area contributed by atoms with Gasteiger partial charge in [-0.3, -0.25) is 9.78 Å². The SMILES string of the molecule is C=S(=O)(c1ccc(Cl)cc1)N(CC)[C@H]1CCC2=Cc3c(cnn3-c3ccc(F)cc3)C[C@]2(C(=O)c2ccc(C3CC3)cn2)C1. The summed E-state index contributed by atoms with van der Waals surface area (Å²) in [5.41, 5.74) is 4.39. The number of allylic oxidation sites excluding steroid dienone is 1. The summed E-state index contributed by atoms with van der Waals surface area (Å²) in [7, 11) is -2.85. The minimum absolute atomic E-state index is 0.0194. The molecule has 3 aliphatic rings. The molecule has 7 rings (SSSR count). The maximum atomic E-state index is 14.7. The number of ketones is 1. The highest BCUT2D eigenvalue weighted by Crippen LogP contribution is 2.51. The number of halogens is 2. The van der Waals surface area contributed by atoms with Crippen molar-refractivity contribution in [3.63, 3.8) is 0 Å². The van der Waals surface area contributed by atoms with Gasteiger partial charge in [0.2, 0.25) is 0 Å². The highest BCUT2D eigenvalue weighted by Gasteiger charge is 2.51. The van der Waals surface area contributed by atoms with Crippen molar-refractivity contribution in [2.45, 2.75) is 62.3 Å². The highest BCUT2D eigenvalue weighted by atomic mass is 35.5. The lowest BCUT2D eigenvalue weighted by molar-refractivity contribution is 0.0742. The van der Waals surface area contributed by atoms with Gasteiger partial charge in [0.1, 0.15) is 11.5 Å². The molecule has 2 aromatic heterocycles. The van der Waals surface area contributed by atoms with Gasteiger partial charge >= 0.3 is 0 Å². The molecule has 0 N–H and O–H groups in total. The molecule has 1 unspecified atom stereocenters. The molecular weight excluding hydrogens is 595 g/mol. The van der Waals surface area contributed by atoms with E-state index in [0.717, 1.165) is 28.9 Å². The summed E-state index contributed by atoms with van der Waals surface area (Å²) in [6, 6.07) is 17.0. The first-order chi connectivity index (χ1) is 21.2. The van der Waals surface area contributed by atoms with Crippen LogP contribution in [0.2, 0.25) is 5.02 Å². The van der Waals surface area contributed by atoms with Crippen LogP contribution < -0.4 is 0 Å². The van der Waals surface area contributed by atoms with Crippen LogP contribution in [0.4, 0.5) is 4.39 Å². The van der Waals surface area contributed by atoms with Crippen LogP contribution in [0.25, 0.3) is 11.8 Å². The minimum atomic E-state index is -2.85. The molecule has 0 saturated heterocycles. The topological polar surface area (TPSA) is 68.1 Å². The molecule has 0 aliphatic heterocycles. The zero-order valence-electron chi connectivity index (χ0n) is 24.6. The largest absolute Gasteiger partial charge is 0.291 e. The van der Waals surface area contributed by atoms with Crippen molar-refractivity contribution in [3.8, 4) is 5.69 Å². The number of hydrogen-bond acceptors (Lipinski definition) is 4. The van der Waals surface area contributed by atoms with Crippen molar-refractivity contribution in [1.82, 2.24) is 19.1 Å². The Morgan fingerprint density at radius 3 is 2.50 bits per heavy atom. The van der Waals surface area contributed by atoms with Gasteiger partial charge in [-0.1, -0.05) is 30.2 Å². The highest BCUT2D eigenvalue weighted by molar-refractivity contribution is 7.98. The third kappa shape index (κ3) is 5.03. The zero-order chi connectivity index (χ0) is 30.6. The van der Waals surface area contributed by atoms with Crippen LogP contribution in [0.1, 0.15) is 72.3 Å². The number of rotatable bonds is 8. The lowest BCUT2D eigenvalue weighted by atomic mass is 9.60. The van der Waals surface area contributed by atoms with E-state index in [1.807, 2.05) is 40.4 Å². The summed E-state index contributed by atoms with van der Waals surface area (Å²) < 4.78 is 31.8. The van der Waals surface area contributed by atoms with Crippen molar-refractivity contribution in [2.24, 2.45) is 5.41 Å². The van der Waals surface area contributed by atoms with Crippen LogP contribution in [0.15, 0.2) is 83.5 Å². The lowest BCUT2D eigenvalue weighted by Crippen LogP contribution is -2.50. The first-order valence-electron chi connectivity index (χ1n) is 15.1. The molecule has 9 heteroatoms. The van der Waals surface area contributed by atoms with Gasteiger partial charge in [0.25, 0.3) is 0 Å². The van der Waals surface area contributed by atoms with E-state index in [2.05, 4.69) is 22.0 Å². The third-order valence-electron chi connectivity index (χ3n) is 9.49. The van der Waals surface area contributed by atoms with Gasteiger partial charge in [0, 0.05) is 28.7 Å². The Balaban J connectivity index is 1.29. The number of hydrogen-bond donors (Lipinski definition) is 0. The molecule has 4 aromatic rings. The standard InChI is InChI=1S/C35H34ClFN4O2S/c1-3-40(44(2,43)31-15-8-27(36)9-16-31)30-12-7-26-18-33-25(22-39-41(33)29-13-10-28(37)11-14-29)19-35(26,20-30)34(42)32-17-6-24(21-38-32)23-4-5-23/h6,8-11,13-18,21-23,30H,2-5,7,12,19-20H2,1H3/t30-,35-,44?/m0/s1. The average Bonchev–Trinajstić information content (AvgIpc) is 3.81. The fourth-order valence-electron chi connectivity index (χ4n) is 7.05. The zero-order valence-corrected chi connectivity index (χ0v) is 26.2. The van der Waals surface area contributed by atoms with E-state index < -0.39 is 15.1 Å². The van der Waals surface area contributed by atoms with Gasteiger partial charge in [-0.05, 0) is 122 Å². The molecule has 0 bridgehead atoms. The summed E-state index contributed by atoms with van der Waals surface area (Å²) in [6.45, 7) is 2.51. The number of nitrogens with zero attached hydrogens (tertiary/aromatic N) is 4. The van der Waals surface area contributed by atoms with Crippen molar-refractivity contribution < 1.29 is 13.4 Å². The van der Waals surface area contributed by atoms with Crippen molar-refractivity contribution in [3.05, 3.63) is 112 Å². The molecule has 3 atom stereocenters. The first kappa shape index (κ1) is 29.1. The van der Waals surface area contributed by atoms with Crippen molar-refractivity contribution in [1.29, 1.82) is 0 Å². The summed E-state index contributed by atoms with van der Waals surface area (Å²) in [5.74, 6) is 4.43. The Labute approximate surface area is 262 Å². The van der Waals surface area contributed by atoms with Gasteiger partial charge < -0.3 is 0 Å². The molecule has 2 saturated carbocycles. The van der Waals surface area contributed by atoms with E-state index in [1.165, 1.54) is 30.5 Å². The summed E-state index contributed by atoms with van der Waals surface area (Å²) in [4.78, 5) is 20.0. The predicted octanol–water partition coefficient (Wildman–Crippen LogP) is 7.31. The number of Topliss-reactive ketones (excluding diaryl/α,β-unsaturated/α-hetero) is 1. The molecule has 44 heavy (non-hydrogen) atoms. The Hall–Kier alpha value is -3.59. The Kier molecular flexibility index (Phi) is 7.34. The third-order valence-corrected chi connectivity index (χ3v) is 12.1. The van der Waals surface area contributed by atoms with E-state index in [1.54, 1.807) is 36.4 Å². The molecular formula is C35H34ClFN4O2S. The monoisotopic (exact) mass is 628 g/mol. The van der Waals surface area contributed by atoms with Crippen molar-refractivity contribution in [2.75, 3.05) is 6.54 Å². The molecule has 6 nitrogen and oxygen atoms in total. The van der Waals surface area contributed by atoms with Gasteiger partial charge in [0.15, 0.2) is 5.78 Å². The van der Waals surface area contributed by atoms with Gasteiger partial charge in [0.05, 0.1) is 32.7 Å². The van der Waals surface area contributed by atoms with Crippen LogP contribution in [0, 0.1) is 11.2 Å². The predicted molar refractivity (Wildman–Crippen MR) is 173 cm³/mol. The summed E-state index contributed by atoms with van der Waals surface area (Å²) in [5, 5.41) is 5.23. The molecule has 226 valence electrons. The van der Waals surface area contributed by atoms with Crippen LogP contribution >= 0.6 is 11.6 Å². The van der Waals surface area contributed by atoms with E-state index in [0.29, 0.717) is 47.3 Å². The molecule has 0 amide bonds. The number of fused-ring (bicyclic) bond motifs is 2. The molecule has 3 aliphatic carbocycles. The van der Waals surface area contributed by atoms with E-state index in [4.69, 9.17) is 11.6 Å². The Morgan fingerprint density at radius 1 is 1.09 bits per heavy atom. The smallest absolute Gasteiger partial charge is 0.191 e. The molecule has 0 radical (unpaired) electrons. The fraction of sp³-hybridized carbons (Fsp3) is 0.314. The Bertz CT molecular complexity index is 1860. The second kappa shape index (κ2) is 11.1. The maximum absolute atomic E-state index is 14.7. The van der Waals surface area contributed by atoms with Gasteiger partial charge in [-0.2, -0.15) is 5.10 Å². The van der Waals surface area contributed by atoms with Crippen molar-refractivity contribution >= 4 is 39.0 Å². The van der Waals surface area contributed by atoms with E-state index in [9.17, 15) is 13.4 Å². The summed E-state index contributed by atoms with van der Waals surface area (Å²) in [6.07, 6.45) is 10.4. The quantitative estimate of drug-likeness (QED) is 0.152. The number of benzene rings is 2. The van der Waals surface area contributed by atoms with Gasteiger partial charge in [-0.25, -0.2) is 17.6 Å². The fourth-order valence-corrected chi connectivity index (χ4v) is 9.09. The number of carbonyl (C=O) groups is 1. The van der Waals surface area contributed by atoms with E-state index >= 15 is 0 Å². The molecule has 0 spiro atoms. The minimum Gasteiger partial charge on any atom is -0.291 e. The maximum Gasteiger partial charge on any atom is 0.191 e. The summed E-state index contributed by atoms with van der Waals surface area (Å²) >= 11 is 6.13.